The van der Waals surface area contributed by atoms with Crippen molar-refractivity contribution in [2.75, 3.05) is 18.2 Å². The highest BCUT2D eigenvalue weighted by Crippen LogP contribution is 2.12. The lowest BCUT2D eigenvalue weighted by Gasteiger charge is -2.07. The van der Waals surface area contributed by atoms with E-state index in [0.29, 0.717) is 12.3 Å². The summed E-state index contributed by atoms with van der Waals surface area (Å²) in [7, 11) is -3.74. The number of ether oxygens (including phenoxy) is 1. The average Bonchev–Trinajstić information content (AvgIpc) is 2.45. The lowest BCUT2D eigenvalue weighted by molar-refractivity contribution is 0.160. The van der Waals surface area contributed by atoms with Gasteiger partial charge in [-0.25, -0.2) is 4.79 Å². The van der Waals surface area contributed by atoms with Crippen LogP contribution in [0.5, 0.6) is 0 Å². The Morgan fingerprint density at radius 2 is 1.96 bits per heavy atom. The highest BCUT2D eigenvalue weighted by atomic mass is 32.2. The molecule has 128 valence electrons. The molecule has 0 atom stereocenters. The minimum Gasteiger partial charge on any atom is -0.480 e. The number of carbonyl (C=O) groups excluding carboxylic acids is 1. The Balaban J connectivity index is 2.50. The maximum absolute atomic E-state index is 11.5. The summed E-state index contributed by atoms with van der Waals surface area (Å²) in [6.45, 7) is 2.39. The summed E-state index contributed by atoms with van der Waals surface area (Å²) in [6, 6.07) is 6.81. The van der Waals surface area contributed by atoms with Crippen molar-refractivity contribution in [1.82, 2.24) is 0 Å². The number of nitrogens with one attached hydrogen (secondary N) is 1. The molecule has 0 radical (unpaired) electrons. The minimum absolute atomic E-state index is 0.280. The van der Waals surface area contributed by atoms with E-state index in [1.54, 1.807) is 24.3 Å². The summed E-state index contributed by atoms with van der Waals surface area (Å²) < 4.78 is 30.9. The number of amides is 1. The molecule has 0 spiro atoms. The number of anilines is 1. The highest BCUT2D eigenvalue weighted by molar-refractivity contribution is 7.86. The van der Waals surface area contributed by atoms with Crippen LogP contribution in [0, 0.1) is 0 Å². The summed E-state index contributed by atoms with van der Waals surface area (Å²) in [6.07, 6.45) is 3.62. The van der Waals surface area contributed by atoms with E-state index in [-0.39, 0.29) is 6.42 Å². The first kappa shape index (κ1) is 18.8. The van der Waals surface area contributed by atoms with Crippen LogP contribution in [0.4, 0.5) is 10.5 Å². The zero-order valence-corrected chi connectivity index (χ0v) is 13.9. The van der Waals surface area contributed by atoms with Crippen molar-refractivity contribution in [3.8, 4) is 0 Å². The lowest BCUT2D eigenvalue weighted by atomic mass is 10.1. The van der Waals surface area contributed by atoms with Gasteiger partial charge in [-0.05, 0) is 30.5 Å². The first-order valence-corrected chi connectivity index (χ1v) is 8.93. The van der Waals surface area contributed by atoms with Gasteiger partial charge in [-0.15, -0.1) is 0 Å². The van der Waals surface area contributed by atoms with Crippen molar-refractivity contribution in [2.24, 2.45) is 0 Å². The highest BCUT2D eigenvalue weighted by Gasteiger charge is 2.05. The number of rotatable bonds is 8. The van der Waals surface area contributed by atoms with Crippen molar-refractivity contribution >= 4 is 21.9 Å². The number of allylic oxidation sites excluding steroid dienone is 1. The zero-order valence-electron chi connectivity index (χ0n) is 13.1. The van der Waals surface area contributed by atoms with Gasteiger partial charge in [0.1, 0.15) is 0 Å². The quantitative estimate of drug-likeness (QED) is 0.427. The van der Waals surface area contributed by atoms with Crippen molar-refractivity contribution in [1.29, 1.82) is 0 Å². The standard InChI is InChI=1S/C15H21NO6S/c1-3-4-11-21-15(18)16-13-8-5-12(6-9-13)7-10-14(17)22-23(2,19)20/h5-6,8-10,17H,3-4,7,11H2,1-2H3,(H,16,18)/b14-10+. The van der Waals surface area contributed by atoms with Crippen LogP contribution >= 0.6 is 0 Å². The molecule has 0 aromatic heterocycles. The number of unbranched alkanes of at least 4 members (excludes halogenated alkanes) is 1. The van der Waals surface area contributed by atoms with Crippen LogP contribution < -0.4 is 5.32 Å². The number of aliphatic hydroxyl groups is 1. The van der Waals surface area contributed by atoms with E-state index >= 15 is 0 Å². The van der Waals surface area contributed by atoms with Crippen LogP contribution in [0.15, 0.2) is 36.3 Å². The number of benzene rings is 1. The Hall–Kier alpha value is -2.22. The maximum Gasteiger partial charge on any atom is 0.411 e. The molecule has 0 aliphatic carbocycles. The predicted octanol–water partition coefficient (Wildman–Crippen LogP) is 2.95. The third-order valence-electron chi connectivity index (χ3n) is 2.68. The number of aliphatic hydroxyl groups excluding tert-OH is 1. The van der Waals surface area contributed by atoms with Gasteiger partial charge in [0.2, 0.25) is 0 Å². The van der Waals surface area contributed by atoms with Crippen LogP contribution in [0.25, 0.3) is 0 Å². The summed E-state index contributed by atoms with van der Waals surface area (Å²) >= 11 is 0. The van der Waals surface area contributed by atoms with E-state index in [1.165, 1.54) is 6.08 Å². The van der Waals surface area contributed by atoms with Crippen LogP contribution in [-0.2, 0) is 25.5 Å². The molecular weight excluding hydrogens is 322 g/mol. The fraction of sp³-hybridized carbons (Fsp3) is 0.400. The normalized spacial score (nSPS) is 11.8. The van der Waals surface area contributed by atoms with Crippen molar-refractivity contribution in [3.63, 3.8) is 0 Å². The van der Waals surface area contributed by atoms with Crippen molar-refractivity contribution in [3.05, 3.63) is 41.9 Å². The molecule has 0 saturated carbocycles. The van der Waals surface area contributed by atoms with E-state index in [1.807, 2.05) is 6.92 Å². The lowest BCUT2D eigenvalue weighted by Crippen LogP contribution is -2.14. The average molecular weight is 343 g/mol. The molecule has 0 heterocycles. The SMILES string of the molecule is CCCCOC(=O)Nc1ccc(C/C=C(\O)OS(C)(=O)=O)cc1. The molecule has 0 unspecified atom stereocenters. The molecule has 1 rings (SSSR count). The molecule has 7 nitrogen and oxygen atoms in total. The Bertz CT molecular complexity index is 636. The van der Waals surface area contributed by atoms with E-state index in [9.17, 15) is 18.3 Å². The Labute approximate surface area is 136 Å². The van der Waals surface area contributed by atoms with Gasteiger partial charge in [-0.3, -0.25) is 5.32 Å². The zero-order chi connectivity index (χ0) is 17.3. The summed E-state index contributed by atoms with van der Waals surface area (Å²) in [4.78, 5) is 11.5. The first-order chi connectivity index (χ1) is 10.8. The van der Waals surface area contributed by atoms with Gasteiger partial charge >= 0.3 is 16.2 Å². The largest absolute Gasteiger partial charge is 0.480 e. The van der Waals surface area contributed by atoms with Gasteiger partial charge in [0.05, 0.1) is 12.9 Å². The molecule has 1 amide bonds. The molecule has 23 heavy (non-hydrogen) atoms. The summed E-state index contributed by atoms with van der Waals surface area (Å²) in [5.74, 6) is -0.672. The molecule has 1 aromatic rings. The van der Waals surface area contributed by atoms with E-state index < -0.39 is 22.2 Å². The Morgan fingerprint density at radius 1 is 1.30 bits per heavy atom. The minimum atomic E-state index is -3.74. The fourth-order valence-corrected chi connectivity index (χ4v) is 1.96. The van der Waals surface area contributed by atoms with E-state index in [0.717, 1.165) is 24.7 Å². The second-order valence-electron chi connectivity index (χ2n) is 4.85. The number of hydrogen-bond acceptors (Lipinski definition) is 6. The molecule has 0 bridgehead atoms. The molecule has 0 fully saturated rings. The molecule has 2 N–H and O–H groups in total. The molecule has 0 saturated heterocycles. The van der Waals surface area contributed by atoms with Crippen LogP contribution in [0.2, 0.25) is 0 Å². The second-order valence-corrected chi connectivity index (χ2v) is 6.42. The second kappa shape index (κ2) is 9.04. The monoisotopic (exact) mass is 343 g/mol. The van der Waals surface area contributed by atoms with Gasteiger partial charge in [0.25, 0.3) is 5.95 Å². The van der Waals surface area contributed by atoms with Crippen LogP contribution in [0.3, 0.4) is 0 Å². The molecule has 8 heteroatoms. The predicted molar refractivity (Wildman–Crippen MR) is 86.7 cm³/mol. The smallest absolute Gasteiger partial charge is 0.411 e. The third-order valence-corrected chi connectivity index (χ3v) is 3.15. The summed E-state index contributed by atoms with van der Waals surface area (Å²) in [5.41, 5.74) is 1.38. The molecular formula is C15H21NO6S. The maximum atomic E-state index is 11.5. The van der Waals surface area contributed by atoms with Crippen molar-refractivity contribution in [2.45, 2.75) is 26.2 Å². The molecule has 0 aliphatic rings. The number of carbonyl (C=O) groups is 1. The van der Waals surface area contributed by atoms with Gasteiger partial charge in [-0.1, -0.05) is 25.5 Å². The molecule has 1 aromatic carbocycles. The first-order valence-electron chi connectivity index (χ1n) is 7.11. The Kier molecular flexibility index (Phi) is 7.40. The summed E-state index contributed by atoms with van der Waals surface area (Å²) in [5, 5.41) is 11.9. The fourth-order valence-electron chi connectivity index (χ4n) is 1.58. The van der Waals surface area contributed by atoms with E-state index in [4.69, 9.17) is 4.74 Å². The van der Waals surface area contributed by atoms with Gasteiger partial charge in [-0.2, -0.15) is 8.42 Å². The van der Waals surface area contributed by atoms with Crippen LogP contribution in [-0.4, -0.2) is 32.5 Å². The van der Waals surface area contributed by atoms with Gasteiger partial charge in [0, 0.05) is 11.8 Å². The van der Waals surface area contributed by atoms with Gasteiger partial charge in [0.15, 0.2) is 0 Å². The molecule has 0 aliphatic heterocycles. The van der Waals surface area contributed by atoms with Gasteiger partial charge < -0.3 is 14.0 Å². The van der Waals surface area contributed by atoms with Crippen molar-refractivity contribution < 1.29 is 27.2 Å². The number of hydrogen-bond donors (Lipinski definition) is 2. The Morgan fingerprint density at radius 3 is 2.52 bits per heavy atom. The van der Waals surface area contributed by atoms with E-state index in [2.05, 4.69) is 9.50 Å². The third kappa shape index (κ3) is 8.72. The topological polar surface area (TPSA) is 102 Å². The van der Waals surface area contributed by atoms with Crippen LogP contribution in [0.1, 0.15) is 25.3 Å².